The SMILES string of the molecule is Cc1nnc(NCc2cccc(/C=C/C(=O)Nc3ccccc3N)c2)o1. The fourth-order valence-corrected chi connectivity index (χ4v) is 2.31. The van der Waals surface area contributed by atoms with Crippen LogP contribution in [0.25, 0.3) is 6.08 Å². The minimum Gasteiger partial charge on any atom is -0.408 e. The van der Waals surface area contributed by atoms with E-state index >= 15 is 0 Å². The number of nitrogens with zero attached hydrogens (tertiary/aromatic N) is 2. The molecule has 3 rings (SSSR count). The molecule has 0 atom stereocenters. The number of aromatic nitrogens is 2. The van der Waals surface area contributed by atoms with Gasteiger partial charge in [-0.2, -0.15) is 0 Å². The maximum atomic E-state index is 12.0. The molecule has 0 aliphatic heterocycles. The zero-order chi connectivity index (χ0) is 18.4. The second-order valence-corrected chi connectivity index (χ2v) is 5.63. The van der Waals surface area contributed by atoms with E-state index in [1.165, 1.54) is 6.08 Å². The standard InChI is InChI=1S/C19H19N5O2/c1-13-23-24-19(26-13)21-12-15-6-4-5-14(11-15)9-10-18(25)22-17-8-3-2-7-16(17)20/h2-11H,12,20H2,1H3,(H,21,24)(H,22,25)/b10-9+. The van der Waals surface area contributed by atoms with Crippen LogP contribution >= 0.6 is 0 Å². The van der Waals surface area contributed by atoms with Gasteiger partial charge >= 0.3 is 6.01 Å². The number of benzene rings is 2. The zero-order valence-corrected chi connectivity index (χ0v) is 14.3. The molecule has 0 spiro atoms. The van der Waals surface area contributed by atoms with Crippen LogP contribution in [0.5, 0.6) is 0 Å². The van der Waals surface area contributed by atoms with Crippen molar-refractivity contribution in [3.8, 4) is 0 Å². The van der Waals surface area contributed by atoms with Crippen LogP contribution in [0.2, 0.25) is 0 Å². The molecule has 0 aliphatic rings. The van der Waals surface area contributed by atoms with Crippen LogP contribution in [0.4, 0.5) is 17.4 Å². The van der Waals surface area contributed by atoms with Crippen molar-refractivity contribution in [2.45, 2.75) is 13.5 Å². The highest BCUT2D eigenvalue weighted by molar-refractivity contribution is 6.03. The summed E-state index contributed by atoms with van der Waals surface area (Å²) in [5, 5.41) is 13.5. The van der Waals surface area contributed by atoms with Crippen LogP contribution in [0.15, 0.2) is 59.0 Å². The molecule has 0 fully saturated rings. The zero-order valence-electron chi connectivity index (χ0n) is 14.3. The number of nitrogens with one attached hydrogen (secondary N) is 2. The molecule has 1 heterocycles. The van der Waals surface area contributed by atoms with E-state index in [1.54, 1.807) is 25.1 Å². The average molecular weight is 349 g/mol. The quantitative estimate of drug-likeness (QED) is 0.466. The third kappa shape index (κ3) is 4.70. The Bertz CT molecular complexity index is 933. The molecule has 0 saturated heterocycles. The predicted molar refractivity (Wildman–Crippen MR) is 101 cm³/mol. The molecular weight excluding hydrogens is 330 g/mol. The number of carbonyl (C=O) groups excluding carboxylic acids is 1. The topological polar surface area (TPSA) is 106 Å². The van der Waals surface area contributed by atoms with Crippen LogP contribution in [0.3, 0.4) is 0 Å². The van der Waals surface area contributed by atoms with E-state index in [0.717, 1.165) is 11.1 Å². The highest BCUT2D eigenvalue weighted by atomic mass is 16.4. The van der Waals surface area contributed by atoms with Crippen LogP contribution in [-0.2, 0) is 11.3 Å². The van der Waals surface area contributed by atoms with E-state index < -0.39 is 0 Å². The minimum absolute atomic E-state index is 0.243. The first-order valence-electron chi connectivity index (χ1n) is 8.06. The Kier molecular flexibility index (Phi) is 5.28. The van der Waals surface area contributed by atoms with Crippen LogP contribution in [-0.4, -0.2) is 16.1 Å². The largest absolute Gasteiger partial charge is 0.408 e. The summed E-state index contributed by atoms with van der Waals surface area (Å²) in [6, 6.07) is 15.3. The Labute approximate surface area is 150 Å². The van der Waals surface area contributed by atoms with Gasteiger partial charge in [0.2, 0.25) is 11.8 Å². The first-order valence-corrected chi connectivity index (χ1v) is 8.06. The summed E-state index contributed by atoms with van der Waals surface area (Å²) >= 11 is 0. The van der Waals surface area contributed by atoms with Crippen LogP contribution in [0.1, 0.15) is 17.0 Å². The summed E-state index contributed by atoms with van der Waals surface area (Å²) in [7, 11) is 0. The molecule has 3 aromatic rings. The molecule has 0 radical (unpaired) electrons. The van der Waals surface area contributed by atoms with E-state index in [9.17, 15) is 4.79 Å². The van der Waals surface area contributed by atoms with Gasteiger partial charge in [-0.25, -0.2) is 0 Å². The predicted octanol–water partition coefficient (Wildman–Crippen LogP) is 3.22. The highest BCUT2D eigenvalue weighted by Crippen LogP contribution is 2.17. The smallest absolute Gasteiger partial charge is 0.315 e. The van der Waals surface area contributed by atoms with Gasteiger partial charge in [-0.3, -0.25) is 4.79 Å². The molecule has 26 heavy (non-hydrogen) atoms. The van der Waals surface area contributed by atoms with Gasteiger partial charge in [0.15, 0.2) is 0 Å². The lowest BCUT2D eigenvalue weighted by molar-refractivity contribution is -0.111. The van der Waals surface area contributed by atoms with Gasteiger partial charge in [-0.15, -0.1) is 5.10 Å². The maximum Gasteiger partial charge on any atom is 0.315 e. The minimum atomic E-state index is -0.243. The van der Waals surface area contributed by atoms with Crippen molar-refractivity contribution in [1.29, 1.82) is 0 Å². The summed E-state index contributed by atoms with van der Waals surface area (Å²) in [5.41, 5.74) is 8.86. The van der Waals surface area contributed by atoms with Crippen LogP contribution < -0.4 is 16.4 Å². The van der Waals surface area contributed by atoms with E-state index in [-0.39, 0.29) is 5.91 Å². The lowest BCUT2D eigenvalue weighted by Gasteiger charge is -2.05. The Morgan fingerprint density at radius 1 is 1.19 bits per heavy atom. The van der Waals surface area contributed by atoms with Crippen LogP contribution in [0, 0.1) is 6.92 Å². The van der Waals surface area contributed by atoms with Crippen molar-refractivity contribution in [3.05, 3.63) is 71.6 Å². The molecule has 4 N–H and O–H groups in total. The molecule has 2 aromatic carbocycles. The van der Waals surface area contributed by atoms with E-state index in [4.69, 9.17) is 10.2 Å². The number of rotatable bonds is 6. The summed E-state index contributed by atoms with van der Waals surface area (Å²) in [6.45, 7) is 2.27. The van der Waals surface area contributed by atoms with Crippen molar-refractivity contribution in [1.82, 2.24) is 10.2 Å². The number of carbonyl (C=O) groups is 1. The number of anilines is 3. The Hall–Kier alpha value is -3.61. The summed E-state index contributed by atoms with van der Waals surface area (Å²) in [6.07, 6.45) is 3.22. The fraction of sp³-hybridized carbons (Fsp3) is 0.105. The number of nitrogens with two attached hydrogens (primary N) is 1. The van der Waals surface area contributed by atoms with Gasteiger partial charge in [0, 0.05) is 19.5 Å². The molecular formula is C19H19N5O2. The van der Waals surface area contributed by atoms with Crippen molar-refractivity contribution in [2.24, 2.45) is 0 Å². The number of nitrogen functional groups attached to an aromatic ring is 1. The van der Waals surface area contributed by atoms with E-state index in [0.29, 0.717) is 29.8 Å². The number of hydrogen-bond donors (Lipinski definition) is 3. The van der Waals surface area contributed by atoms with Crippen molar-refractivity contribution >= 4 is 29.4 Å². The molecule has 7 nitrogen and oxygen atoms in total. The number of para-hydroxylation sites is 2. The molecule has 0 saturated carbocycles. The Balaban J connectivity index is 1.59. The average Bonchev–Trinajstić information content (AvgIpc) is 3.06. The Morgan fingerprint density at radius 2 is 2.04 bits per heavy atom. The van der Waals surface area contributed by atoms with Gasteiger partial charge in [0.25, 0.3) is 0 Å². The lowest BCUT2D eigenvalue weighted by Crippen LogP contribution is -2.09. The second-order valence-electron chi connectivity index (χ2n) is 5.63. The van der Waals surface area contributed by atoms with E-state index in [1.807, 2.05) is 36.4 Å². The molecule has 132 valence electrons. The molecule has 0 bridgehead atoms. The van der Waals surface area contributed by atoms with Gasteiger partial charge in [-0.05, 0) is 35.4 Å². The van der Waals surface area contributed by atoms with Gasteiger partial charge in [-0.1, -0.05) is 35.4 Å². The third-order valence-corrected chi connectivity index (χ3v) is 3.57. The van der Waals surface area contributed by atoms with Crippen molar-refractivity contribution in [2.75, 3.05) is 16.4 Å². The maximum absolute atomic E-state index is 12.0. The summed E-state index contributed by atoms with van der Waals surface area (Å²) in [4.78, 5) is 12.0. The number of aryl methyl sites for hydroxylation is 1. The molecule has 7 heteroatoms. The van der Waals surface area contributed by atoms with Crippen molar-refractivity contribution < 1.29 is 9.21 Å². The number of hydrogen-bond acceptors (Lipinski definition) is 6. The molecule has 0 unspecified atom stereocenters. The lowest BCUT2D eigenvalue weighted by atomic mass is 10.1. The number of amides is 1. The van der Waals surface area contributed by atoms with Crippen molar-refractivity contribution in [3.63, 3.8) is 0 Å². The first-order chi connectivity index (χ1) is 12.6. The van der Waals surface area contributed by atoms with Gasteiger partial charge in [0.1, 0.15) is 0 Å². The monoisotopic (exact) mass is 349 g/mol. The van der Waals surface area contributed by atoms with E-state index in [2.05, 4.69) is 20.8 Å². The first kappa shape index (κ1) is 17.2. The Morgan fingerprint density at radius 3 is 2.81 bits per heavy atom. The second kappa shape index (κ2) is 7.98. The third-order valence-electron chi connectivity index (χ3n) is 3.57. The molecule has 1 amide bonds. The summed E-state index contributed by atoms with van der Waals surface area (Å²) < 4.78 is 5.27. The molecule has 0 aliphatic carbocycles. The highest BCUT2D eigenvalue weighted by Gasteiger charge is 2.03. The normalized spacial score (nSPS) is 10.8. The molecule has 1 aromatic heterocycles. The van der Waals surface area contributed by atoms with Gasteiger partial charge < -0.3 is 20.8 Å². The summed E-state index contributed by atoms with van der Waals surface area (Å²) in [5.74, 6) is 0.266. The fourth-order valence-electron chi connectivity index (χ4n) is 2.31. The van der Waals surface area contributed by atoms with Gasteiger partial charge in [0.05, 0.1) is 11.4 Å².